The zero-order valence-electron chi connectivity index (χ0n) is 17.5. The topological polar surface area (TPSA) is 61.8 Å². The second-order valence-electron chi connectivity index (χ2n) is 7.63. The van der Waals surface area contributed by atoms with E-state index in [0.29, 0.717) is 29.9 Å². The molecule has 1 saturated heterocycles. The minimum Gasteiger partial charge on any atom is -0.482 e. The third-order valence-corrected chi connectivity index (χ3v) is 5.38. The smallest absolute Gasteiger partial charge is 0.361 e. The van der Waals surface area contributed by atoms with Crippen molar-refractivity contribution in [3.8, 4) is 5.75 Å². The van der Waals surface area contributed by atoms with E-state index < -0.39 is 12.1 Å². The van der Waals surface area contributed by atoms with Gasteiger partial charge in [-0.2, -0.15) is 0 Å². The van der Waals surface area contributed by atoms with Gasteiger partial charge in [-0.15, -0.1) is 0 Å². The summed E-state index contributed by atoms with van der Waals surface area (Å²) < 4.78 is 17.2. The summed E-state index contributed by atoms with van der Waals surface area (Å²) in [6, 6.07) is 18.9. The van der Waals surface area contributed by atoms with E-state index in [1.165, 1.54) is 0 Å². The molecule has 2 aromatic rings. The zero-order chi connectivity index (χ0) is 21.2. The molecule has 1 aliphatic heterocycles. The fraction of sp³-hybridized carbons (Fsp3) is 0.417. The predicted molar refractivity (Wildman–Crippen MR) is 113 cm³/mol. The quantitative estimate of drug-likeness (QED) is 0.441. The number of ether oxygens (including phenoxy) is 3. The van der Waals surface area contributed by atoms with E-state index in [-0.39, 0.29) is 12.6 Å². The molecule has 0 radical (unpaired) electrons. The van der Waals surface area contributed by atoms with Crippen molar-refractivity contribution in [2.75, 3.05) is 39.4 Å². The van der Waals surface area contributed by atoms with Crippen molar-refractivity contribution in [3.63, 3.8) is 0 Å². The summed E-state index contributed by atoms with van der Waals surface area (Å²) in [5, 5.41) is 0. The first-order chi connectivity index (χ1) is 14.6. The maximum atomic E-state index is 12.6. The van der Waals surface area contributed by atoms with Gasteiger partial charge in [0.1, 0.15) is 12.3 Å². The lowest BCUT2D eigenvalue weighted by Gasteiger charge is -2.36. The molecule has 0 bridgehead atoms. The average molecular weight is 413 g/mol. The molecule has 0 aromatic heterocycles. The molecule has 1 heterocycles. The maximum Gasteiger partial charge on any atom is 0.361 e. The lowest BCUT2D eigenvalue weighted by molar-refractivity contribution is -0.913. The minimum absolute atomic E-state index is 0.161. The van der Waals surface area contributed by atoms with Crippen LogP contribution in [0.15, 0.2) is 60.7 Å². The van der Waals surface area contributed by atoms with Crippen molar-refractivity contribution in [2.24, 2.45) is 0 Å². The summed E-state index contributed by atoms with van der Waals surface area (Å²) in [5.41, 5.74) is 0.916. The summed E-state index contributed by atoms with van der Waals surface area (Å²) in [6.07, 6.45) is 1.64. The largest absolute Gasteiger partial charge is 0.482 e. The number of likely N-dealkylation sites (tertiary alicyclic amines) is 1. The van der Waals surface area contributed by atoms with Gasteiger partial charge in [-0.3, -0.25) is 0 Å². The van der Waals surface area contributed by atoms with Crippen LogP contribution in [0.3, 0.4) is 0 Å². The Morgan fingerprint density at radius 3 is 2.20 bits per heavy atom. The van der Waals surface area contributed by atoms with Crippen molar-refractivity contribution in [2.45, 2.75) is 25.9 Å². The minimum atomic E-state index is -0.453. The normalized spacial score (nSPS) is 15.9. The van der Waals surface area contributed by atoms with Crippen molar-refractivity contribution < 1.29 is 28.3 Å². The Hall–Kier alpha value is -2.86. The third kappa shape index (κ3) is 6.32. The van der Waals surface area contributed by atoms with Gasteiger partial charge in [0.05, 0.1) is 19.7 Å². The van der Waals surface area contributed by atoms with Crippen LogP contribution in [0.5, 0.6) is 5.75 Å². The van der Waals surface area contributed by atoms with Crippen molar-refractivity contribution in [3.05, 3.63) is 66.2 Å². The Labute approximate surface area is 177 Å². The first-order valence-electron chi connectivity index (χ1n) is 10.5. The van der Waals surface area contributed by atoms with Crippen LogP contribution in [-0.4, -0.2) is 55.8 Å². The Morgan fingerprint density at radius 1 is 0.933 bits per heavy atom. The van der Waals surface area contributed by atoms with Gasteiger partial charge in [-0.05, 0) is 24.6 Å². The molecule has 1 atom stereocenters. The number of para-hydroxylation sites is 1. The average Bonchev–Trinajstić information content (AvgIpc) is 3.21. The molecule has 160 valence electrons. The zero-order valence-corrected chi connectivity index (χ0v) is 17.5. The van der Waals surface area contributed by atoms with E-state index in [1.807, 2.05) is 55.5 Å². The molecular formula is C24H30NO5+. The van der Waals surface area contributed by atoms with E-state index >= 15 is 0 Å². The number of hydrogen-bond acceptors (Lipinski definition) is 5. The number of hydrogen-bond donors (Lipinski definition) is 0. The molecule has 0 amide bonds. The highest BCUT2D eigenvalue weighted by Crippen LogP contribution is 2.28. The molecule has 0 aliphatic carbocycles. The predicted octanol–water partition coefficient (Wildman–Crippen LogP) is 3.52. The van der Waals surface area contributed by atoms with Gasteiger partial charge in [-0.25, -0.2) is 9.59 Å². The Kier molecular flexibility index (Phi) is 7.85. The number of carbonyl (C=O) groups excluding carboxylic acids is 2. The second kappa shape index (κ2) is 10.8. The fourth-order valence-electron chi connectivity index (χ4n) is 3.97. The van der Waals surface area contributed by atoms with E-state index in [0.717, 1.165) is 31.5 Å². The molecule has 1 unspecified atom stereocenters. The number of esters is 2. The van der Waals surface area contributed by atoms with Crippen LogP contribution in [0.4, 0.5) is 0 Å². The Bertz CT molecular complexity index is 803. The number of benzene rings is 2. The molecule has 1 aliphatic rings. The summed E-state index contributed by atoms with van der Waals surface area (Å²) in [7, 11) is 0. The van der Waals surface area contributed by atoms with Gasteiger partial charge in [0.25, 0.3) is 0 Å². The monoisotopic (exact) mass is 412 g/mol. The Morgan fingerprint density at radius 2 is 1.57 bits per heavy atom. The van der Waals surface area contributed by atoms with Crippen molar-refractivity contribution in [1.82, 2.24) is 0 Å². The van der Waals surface area contributed by atoms with Crippen LogP contribution in [0.1, 0.15) is 31.4 Å². The number of rotatable bonds is 10. The number of nitrogens with zero attached hydrogens (tertiary/aromatic N) is 1. The number of carbonyl (C=O) groups is 2. The molecule has 2 aromatic carbocycles. The molecular weight excluding hydrogens is 382 g/mol. The summed E-state index contributed by atoms with van der Waals surface area (Å²) in [4.78, 5) is 24.8. The van der Waals surface area contributed by atoms with E-state index in [2.05, 4.69) is 0 Å². The van der Waals surface area contributed by atoms with Crippen LogP contribution in [0, 0.1) is 0 Å². The molecule has 6 nitrogen and oxygen atoms in total. The molecule has 30 heavy (non-hydrogen) atoms. The molecule has 6 heteroatoms. The van der Waals surface area contributed by atoms with E-state index in [1.54, 1.807) is 12.1 Å². The maximum absolute atomic E-state index is 12.6. The molecule has 0 saturated carbocycles. The molecule has 0 spiro atoms. The highest BCUT2D eigenvalue weighted by molar-refractivity contribution is 5.71. The third-order valence-electron chi connectivity index (χ3n) is 5.38. The van der Waals surface area contributed by atoms with Crippen LogP contribution in [-0.2, 0) is 19.1 Å². The van der Waals surface area contributed by atoms with Crippen LogP contribution in [0.25, 0.3) is 0 Å². The summed E-state index contributed by atoms with van der Waals surface area (Å²) in [6.45, 7) is 4.61. The van der Waals surface area contributed by atoms with Crippen molar-refractivity contribution >= 4 is 11.9 Å². The fourth-order valence-corrected chi connectivity index (χ4v) is 3.97. The first kappa shape index (κ1) is 21.8. The highest BCUT2D eigenvalue weighted by Gasteiger charge is 2.39. The van der Waals surface area contributed by atoms with Crippen molar-refractivity contribution in [1.29, 1.82) is 0 Å². The van der Waals surface area contributed by atoms with Gasteiger partial charge >= 0.3 is 11.9 Å². The van der Waals surface area contributed by atoms with Gasteiger partial charge in [0.2, 0.25) is 0 Å². The standard InChI is InChI=1S/C24H30NO5/c1-2-28-23(26)18-25(15-9-10-16-25)17-22(20-11-5-3-6-12-20)30-24(27)19-29-21-13-7-4-8-14-21/h3-8,11-14,22H,2,9-10,15-19H2,1H3/q+1. The number of quaternary nitrogens is 1. The molecule has 1 fully saturated rings. The Balaban J connectivity index is 1.70. The first-order valence-corrected chi connectivity index (χ1v) is 10.5. The molecule has 3 rings (SSSR count). The lowest BCUT2D eigenvalue weighted by Crippen LogP contribution is -2.52. The summed E-state index contributed by atoms with van der Waals surface area (Å²) in [5.74, 6) is -0.0118. The lowest BCUT2D eigenvalue weighted by atomic mass is 10.1. The SMILES string of the molecule is CCOC(=O)C[N+]1(CC(OC(=O)COc2ccccc2)c2ccccc2)CCCC1. The second-order valence-corrected chi connectivity index (χ2v) is 7.63. The van der Waals surface area contributed by atoms with Gasteiger partial charge in [0, 0.05) is 12.8 Å². The van der Waals surface area contributed by atoms with Gasteiger partial charge < -0.3 is 18.7 Å². The van der Waals surface area contributed by atoms with Gasteiger partial charge in [-0.1, -0.05) is 48.5 Å². The summed E-state index contributed by atoms with van der Waals surface area (Å²) >= 11 is 0. The van der Waals surface area contributed by atoms with E-state index in [9.17, 15) is 9.59 Å². The highest BCUT2D eigenvalue weighted by atomic mass is 16.6. The van der Waals surface area contributed by atoms with Crippen LogP contribution < -0.4 is 4.74 Å². The molecule has 0 N–H and O–H groups in total. The van der Waals surface area contributed by atoms with Gasteiger partial charge in [0.15, 0.2) is 19.3 Å². The van der Waals surface area contributed by atoms with Crippen LogP contribution >= 0.6 is 0 Å². The van der Waals surface area contributed by atoms with E-state index in [4.69, 9.17) is 14.2 Å². The van der Waals surface area contributed by atoms with Crippen LogP contribution in [0.2, 0.25) is 0 Å².